The zero-order valence-corrected chi connectivity index (χ0v) is 11.6. The summed E-state index contributed by atoms with van der Waals surface area (Å²) in [6, 6.07) is -1.18. The summed E-state index contributed by atoms with van der Waals surface area (Å²) in [7, 11) is 4.12. The third-order valence-corrected chi connectivity index (χ3v) is 3.32. The van der Waals surface area contributed by atoms with Crippen molar-refractivity contribution in [1.82, 2.24) is 20.1 Å². The van der Waals surface area contributed by atoms with Crippen molar-refractivity contribution in [3.8, 4) is 0 Å². The van der Waals surface area contributed by atoms with E-state index in [1.807, 2.05) is 0 Å². The molecule has 0 aromatic rings. The molecule has 1 saturated heterocycles. The number of carbonyl (C=O) groups excluding carboxylic acids is 4. The summed E-state index contributed by atoms with van der Waals surface area (Å²) in [5.41, 5.74) is -1.62. The van der Waals surface area contributed by atoms with E-state index in [4.69, 9.17) is 0 Å². The monoisotopic (exact) mass is 281 g/mol. The number of imide groups is 1. The van der Waals surface area contributed by atoms with Crippen LogP contribution in [0, 0.1) is 0 Å². The maximum Gasteiger partial charge on any atom is 0.338 e. The van der Waals surface area contributed by atoms with Gasteiger partial charge in [-0.2, -0.15) is 5.10 Å². The van der Waals surface area contributed by atoms with Gasteiger partial charge in [0.2, 0.25) is 0 Å². The smallest absolute Gasteiger partial charge is 0.315 e. The summed E-state index contributed by atoms with van der Waals surface area (Å²) in [5, 5.41) is 7.45. The van der Waals surface area contributed by atoms with Crippen LogP contribution in [0.25, 0.3) is 0 Å². The Bertz CT molecular complexity index is 557. The number of likely N-dealkylation sites (N-methyl/N-ethyl adjacent to an activating group) is 2. The number of amidine groups is 1. The van der Waals surface area contributed by atoms with Crippen LogP contribution in [-0.4, -0.2) is 71.1 Å². The molecule has 1 atom stereocenters. The summed E-state index contributed by atoms with van der Waals surface area (Å²) in [4.78, 5) is 49.7. The number of hydrogen-bond donors (Lipinski definition) is 1. The average Bonchev–Trinajstić information content (AvgIpc) is 2.37. The van der Waals surface area contributed by atoms with Gasteiger partial charge in [-0.15, -0.1) is 0 Å². The molecule has 0 saturated carbocycles. The van der Waals surface area contributed by atoms with E-state index in [-0.39, 0.29) is 18.0 Å². The molecule has 9 heteroatoms. The van der Waals surface area contributed by atoms with E-state index < -0.39 is 23.5 Å². The number of nitrogens with zero attached hydrogens (tertiary/aromatic N) is 4. The van der Waals surface area contributed by atoms with Crippen molar-refractivity contribution in [3.05, 3.63) is 0 Å². The van der Waals surface area contributed by atoms with E-state index in [0.29, 0.717) is 0 Å². The second kappa shape index (κ2) is 4.29. The molecule has 5 amide bonds. The first-order valence-electron chi connectivity index (χ1n) is 5.91. The van der Waals surface area contributed by atoms with Crippen LogP contribution < -0.4 is 5.32 Å². The van der Waals surface area contributed by atoms with E-state index in [9.17, 15) is 19.2 Å². The first kappa shape index (κ1) is 14.0. The predicted octanol–water partition coefficient (Wildman–Crippen LogP) is -0.803. The summed E-state index contributed by atoms with van der Waals surface area (Å²) in [5.74, 6) is -0.925. The SMILES string of the molecule is CC(=O)CC12NC(=O)N(C)N=C1N(C)C(=O)N(C)C2=O. The normalized spacial score (nSPS) is 26.3. The Morgan fingerprint density at radius 3 is 2.35 bits per heavy atom. The Morgan fingerprint density at radius 2 is 1.80 bits per heavy atom. The highest BCUT2D eigenvalue weighted by molar-refractivity contribution is 6.26. The molecule has 0 aliphatic carbocycles. The lowest BCUT2D eigenvalue weighted by molar-refractivity contribution is -0.135. The number of hydrogen-bond acceptors (Lipinski definition) is 5. The first-order valence-corrected chi connectivity index (χ1v) is 5.91. The van der Waals surface area contributed by atoms with Gasteiger partial charge in [-0.25, -0.2) is 14.6 Å². The van der Waals surface area contributed by atoms with Crippen LogP contribution in [0.3, 0.4) is 0 Å². The van der Waals surface area contributed by atoms with Crippen molar-refractivity contribution in [3.63, 3.8) is 0 Å². The zero-order chi connectivity index (χ0) is 15.2. The number of rotatable bonds is 2. The van der Waals surface area contributed by atoms with Crippen LogP contribution in [0.2, 0.25) is 0 Å². The second-order valence-corrected chi connectivity index (χ2v) is 4.87. The van der Waals surface area contributed by atoms with Gasteiger partial charge in [0.05, 0.1) is 0 Å². The number of fused-ring (bicyclic) bond motifs is 1. The summed E-state index contributed by atoms with van der Waals surface area (Å²) < 4.78 is 0. The van der Waals surface area contributed by atoms with Crippen LogP contribution >= 0.6 is 0 Å². The van der Waals surface area contributed by atoms with Crippen molar-refractivity contribution in [2.75, 3.05) is 21.1 Å². The molecule has 0 radical (unpaired) electrons. The number of ketones is 1. The number of Topliss-reactive ketones (excluding diaryl/α,β-unsaturated/α-hetero) is 1. The van der Waals surface area contributed by atoms with Gasteiger partial charge in [-0.05, 0) is 6.92 Å². The van der Waals surface area contributed by atoms with Crippen LogP contribution in [-0.2, 0) is 9.59 Å². The topological polar surface area (TPSA) is 102 Å². The molecule has 1 unspecified atom stereocenters. The van der Waals surface area contributed by atoms with Gasteiger partial charge in [-0.1, -0.05) is 0 Å². The lowest BCUT2D eigenvalue weighted by Gasteiger charge is -2.46. The molecule has 108 valence electrons. The van der Waals surface area contributed by atoms with E-state index in [2.05, 4.69) is 10.4 Å². The molecule has 0 bridgehead atoms. The van der Waals surface area contributed by atoms with Crippen LogP contribution in [0.1, 0.15) is 13.3 Å². The van der Waals surface area contributed by atoms with Crippen LogP contribution in [0.4, 0.5) is 9.59 Å². The van der Waals surface area contributed by atoms with E-state index in [0.717, 1.165) is 14.8 Å². The Hall–Kier alpha value is -2.45. The van der Waals surface area contributed by atoms with Gasteiger partial charge in [0.25, 0.3) is 5.91 Å². The minimum atomic E-state index is -1.62. The number of carbonyl (C=O) groups is 4. The Kier molecular flexibility index (Phi) is 2.99. The second-order valence-electron chi connectivity index (χ2n) is 4.87. The van der Waals surface area contributed by atoms with Crippen molar-refractivity contribution in [1.29, 1.82) is 0 Å². The molecule has 0 aromatic carbocycles. The fourth-order valence-electron chi connectivity index (χ4n) is 2.36. The molecule has 2 aliphatic heterocycles. The maximum absolute atomic E-state index is 12.4. The highest BCUT2D eigenvalue weighted by Crippen LogP contribution is 2.27. The average molecular weight is 281 g/mol. The fourth-order valence-corrected chi connectivity index (χ4v) is 2.36. The fraction of sp³-hybridized carbons (Fsp3) is 0.545. The standard InChI is InChI=1S/C11H15N5O4/c1-6(17)5-11-7(13-16(4)9(19)12-11)14(2)10(20)15(3)8(11)18/h5H2,1-4H3,(H,12,19). The van der Waals surface area contributed by atoms with Crippen molar-refractivity contribution >= 4 is 29.6 Å². The van der Waals surface area contributed by atoms with Crippen LogP contribution in [0.15, 0.2) is 5.10 Å². The van der Waals surface area contributed by atoms with Crippen molar-refractivity contribution in [2.45, 2.75) is 18.9 Å². The zero-order valence-electron chi connectivity index (χ0n) is 11.6. The van der Waals surface area contributed by atoms with Gasteiger partial charge < -0.3 is 5.32 Å². The molecule has 1 N–H and O–H groups in total. The first-order chi connectivity index (χ1) is 9.20. The lowest BCUT2D eigenvalue weighted by atomic mass is 9.87. The molecule has 0 aromatic heterocycles. The van der Waals surface area contributed by atoms with Gasteiger partial charge in [0.15, 0.2) is 11.4 Å². The van der Waals surface area contributed by atoms with Gasteiger partial charge in [0.1, 0.15) is 5.78 Å². The quantitative estimate of drug-likeness (QED) is 0.715. The Labute approximate surface area is 115 Å². The Balaban J connectivity index is 2.63. The van der Waals surface area contributed by atoms with Crippen molar-refractivity contribution in [2.24, 2.45) is 5.10 Å². The van der Waals surface area contributed by atoms with Gasteiger partial charge >= 0.3 is 12.1 Å². The molecular formula is C11H15N5O4. The maximum atomic E-state index is 12.4. The summed E-state index contributed by atoms with van der Waals surface area (Å²) in [6.45, 7) is 1.31. The molecule has 1 fully saturated rings. The van der Waals surface area contributed by atoms with Crippen LogP contribution in [0.5, 0.6) is 0 Å². The van der Waals surface area contributed by atoms with Gasteiger partial charge in [0, 0.05) is 27.6 Å². The molecule has 2 heterocycles. The lowest BCUT2D eigenvalue weighted by Crippen LogP contribution is -2.76. The molecule has 9 nitrogen and oxygen atoms in total. The highest BCUT2D eigenvalue weighted by Gasteiger charge is 2.57. The number of urea groups is 2. The van der Waals surface area contributed by atoms with E-state index in [1.165, 1.54) is 28.1 Å². The molecule has 2 rings (SSSR count). The molecule has 0 spiro atoms. The number of amides is 5. The number of hydrazone groups is 1. The van der Waals surface area contributed by atoms with Crippen molar-refractivity contribution < 1.29 is 19.2 Å². The summed E-state index contributed by atoms with van der Waals surface area (Å²) in [6.07, 6.45) is -0.258. The third kappa shape index (κ3) is 1.74. The van der Waals surface area contributed by atoms with Gasteiger partial charge in [-0.3, -0.25) is 19.4 Å². The molecule has 20 heavy (non-hydrogen) atoms. The third-order valence-electron chi connectivity index (χ3n) is 3.32. The summed E-state index contributed by atoms with van der Waals surface area (Å²) >= 11 is 0. The van der Waals surface area contributed by atoms with E-state index in [1.54, 1.807) is 0 Å². The minimum absolute atomic E-state index is 0.0444. The highest BCUT2D eigenvalue weighted by atomic mass is 16.2. The minimum Gasteiger partial charge on any atom is -0.315 e. The molecule has 2 aliphatic rings. The Morgan fingerprint density at radius 1 is 1.20 bits per heavy atom. The predicted molar refractivity (Wildman–Crippen MR) is 67.7 cm³/mol. The molecular weight excluding hydrogens is 266 g/mol. The van der Waals surface area contributed by atoms with E-state index >= 15 is 0 Å². The number of nitrogens with one attached hydrogen (secondary N) is 1. The largest absolute Gasteiger partial charge is 0.338 e.